The first-order valence-electron chi connectivity index (χ1n) is 7.25. The normalized spacial score (nSPS) is 53.3. The summed E-state index contributed by atoms with van der Waals surface area (Å²) >= 11 is 0. The minimum absolute atomic E-state index is 0.0186. The largest absolute Gasteiger partial charge is 0.393 e. The summed E-state index contributed by atoms with van der Waals surface area (Å²) in [5.74, 6) is 0.173. The number of hydrogen-bond donors (Lipinski definition) is 3. The van der Waals surface area contributed by atoms with E-state index in [1.165, 1.54) is 0 Å². The van der Waals surface area contributed by atoms with Gasteiger partial charge in [-0.05, 0) is 56.3 Å². The third-order valence-corrected chi connectivity index (χ3v) is 5.96. The van der Waals surface area contributed by atoms with Gasteiger partial charge in [0.25, 0.3) is 0 Å². The van der Waals surface area contributed by atoms with E-state index in [2.05, 4.69) is 6.92 Å². The van der Waals surface area contributed by atoms with Crippen LogP contribution in [0.1, 0.15) is 59.8 Å². The molecule has 0 saturated heterocycles. The number of fused-ring (bicyclic) bond motifs is 1. The van der Waals surface area contributed by atoms with Crippen molar-refractivity contribution < 1.29 is 15.3 Å². The van der Waals surface area contributed by atoms with Crippen molar-refractivity contribution in [2.45, 2.75) is 77.1 Å². The number of aliphatic hydroxyl groups is 3. The molecule has 0 bridgehead atoms. The van der Waals surface area contributed by atoms with Gasteiger partial charge in [0.05, 0.1) is 17.3 Å². The van der Waals surface area contributed by atoms with E-state index in [9.17, 15) is 15.3 Å². The SMILES string of the molecule is CC(C)[C@]1(O)CC[C@]2(C)[C@H](O)CC[C@](C)(O)[C@H]2C1. The molecule has 18 heavy (non-hydrogen) atoms. The molecule has 106 valence electrons. The second-order valence-corrected chi connectivity index (χ2v) is 7.43. The summed E-state index contributed by atoms with van der Waals surface area (Å²) in [7, 11) is 0. The van der Waals surface area contributed by atoms with Crippen LogP contribution < -0.4 is 0 Å². The van der Waals surface area contributed by atoms with E-state index in [4.69, 9.17) is 0 Å². The molecule has 5 atom stereocenters. The Labute approximate surface area is 110 Å². The van der Waals surface area contributed by atoms with Gasteiger partial charge in [0, 0.05) is 0 Å². The molecule has 2 rings (SSSR count). The van der Waals surface area contributed by atoms with Gasteiger partial charge >= 0.3 is 0 Å². The van der Waals surface area contributed by atoms with Crippen LogP contribution in [0.4, 0.5) is 0 Å². The van der Waals surface area contributed by atoms with Gasteiger partial charge in [0.1, 0.15) is 0 Å². The van der Waals surface area contributed by atoms with E-state index in [-0.39, 0.29) is 23.4 Å². The van der Waals surface area contributed by atoms with E-state index in [1.54, 1.807) is 0 Å². The molecule has 0 radical (unpaired) electrons. The van der Waals surface area contributed by atoms with Crippen molar-refractivity contribution in [3.63, 3.8) is 0 Å². The maximum atomic E-state index is 10.7. The van der Waals surface area contributed by atoms with Gasteiger partial charge in [0.15, 0.2) is 0 Å². The Balaban J connectivity index is 2.32. The Kier molecular flexibility index (Phi) is 3.33. The van der Waals surface area contributed by atoms with Crippen LogP contribution in [0.25, 0.3) is 0 Å². The van der Waals surface area contributed by atoms with Crippen LogP contribution >= 0.6 is 0 Å². The van der Waals surface area contributed by atoms with Crippen LogP contribution in [-0.2, 0) is 0 Å². The molecule has 2 aliphatic carbocycles. The standard InChI is InChI=1S/C15H28O3/c1-10(2)15(18)8-7-13(3)11(9-15)14(4,17)6-5-12(13)16/h10-12,16-18H,5-9H2,1-4H3/t11-,12+,13-,14-,15-/m0/s1. The lowest BCUT2D eigenvalue weighted by Gasteiger charge is -2.58. The van der Waals surface area contributed by atoms with Gasteiger partial charge in [-0.2, -0.15) is 0 Å². The maximum absolute atomic E-state index is 10.7. The first-order valence-corrected chi connectivity index (χ1v) is 7.25. The summed E-state index contributed by atoms with van der Waals surface area (Å²) in [5.41, 5.74) is -1.70. The van der Waals surface area contributed by atoms with Crippen LogP contribution in [-0.4, -0.2) is 32.6 Å². The van der Waals surface area contributed by atoms with E-state index >= 15 is 0 Å². The molecule has 0 aliphatic heterocycles. The highest BCUT2D eigenvalue weighted by molar-refractivity contribution is 5.08. The number of hydrogen-bond acceptors (Lipinski definition) is 3. The zero-order valence-electron chi connectivity index (χ0n) is 12.1. The second kappa shape index (κ2) is 4.19. The van der Waals surface area contributed by atoms with Crippen molar-refractivity contribution in [2.75, 3.05) is 0 Å². The molecule has 0 heterocycles. The quantitative estimate of drug-likeness (QED) is 0.673. The van der Waals surface area contributed by atoms with Gasteiger partial charge < -0.3 is 15.3 Å². The topological polar surface area (TPSA) is 60.7 Å². The van der Waals surface area contributed by atoms with E-state index in [0.29, 0.717) is 19.3 Å². The molecule has 0 aromatic rings. The number of aliphatic hydroxyl groups excluding tert-OH is 1. The fourth-order valence-corrected chi connectivity index (χ4v) is 4.14. The van der Waals surface area contributed by atoms with E-state index in [0.717, 1.165) is 12.8 Å². The minimum atomic E-state index is -0.767. The lowest BCUT2D eigenvalue weighted by Crippen LogP contribution is -2.61. The Morgan fingerprint density at radius 2 is 1.67 bits per heavy atom. The highest BCUT2D eigenvalue weighted by atomic mass is 16.3. The summed E-state index contributed by atoms with van der Waals surface area (Å²) in [6.45, 7) is 8.02. The van der Waals surface area contributed by atoms with Crippen LogP contribution in [0.2, 0.25) is 0 Å². The molecule has 0 aromatic carbocycles. The lowest BCUT2D eigenvalue weighted by molar-refractivity contribution is -0.208. The van der Waals surface area contributed by atoms with Crippen LogP contribution in [0.15, 0.2) is 0 Å². The molecular weight excluding hydrogens is 228 g/mol. The third kappa shape index (κ3) is 2.00. The fourth-order valence-electron chi connectivity index (χ4n) is 4.14. The van der Waals surface area contributed by atoms with E-state index in [1.807, 2.05) is 20.8 Å². The van der Waals surface area contributed by atoms with Gasteiger partial charge in [-0.3, -0.25) is 0 Å². The van der Waals surface area contributed by atoms with Gasteiger partial charge in [-0.1, -0.05) is 20.8 Å². The Bertz CT molecular complexity index is 326. The molecule has 3 heteroatoms. The molecule has 0 amide bonds. The van der Waals surface area contributed by atoms with Crippen molar-refractivity contribution in [3.8, 4) is 0 Å². The summed E-state index contributed by atoms with van der Waals surface area (Å²) in [5, 5.41) is 31.7. The van der Waals surface area contributed by atoms with Gasteiger partial charge in [-0.15, -0.1) is 0 Å². The molecule has 2 aliphatic rings. The second-order valence-electron chi connectivity index (χ2n) is 7.43. The highest BCUT2D eigenvalue weighted by Gasteiger charge is 2.58. The van der Waals surface area contributed by atoms with Crippen molar-refractivity contribution in [2.24, 2.45) is 17.3 Å². The molecule has 2 fully saturated rings. The van der Waals surface area contributed by atoms with Crippen molar-refractivity contribution in [1.82, 2.24) is 0 Å². The maximum Gasteiger partial charge on any atom is 0.0674 e. The zero-order chi connectivity index (χ0) is 13.8. The van der Waals surface area contributed by atoms with Crippen molar-refractivity contribution >= 4 is 0 Å². The average molecular weight is 256 g/mol. The van der Waals surface area contributed by atoms with Crippen LogP contribution in [0.5, 0.6) is 0 Å². The van der Waals surface area contributed by atoms with Crippen molar-refractivity contribution in [3.05, 3.63) is 0 Å². The highest BCUT2D eigenvalue weighted by Crippen LogP contribution is 2.57. The Hall–Kier alpha value is -0.120. The number of rotatable bonds is 1. The molecule has 0 spiro atoms. The minimum Gasteiger partial charge on any atom is -0.393 e. The average Bonchev–Trinajstić information content (AvgIpc) is 2.27. The molecule has 0 aromatic heterocycles. The van der Waals surface area contributed by atoms with Crippen LogP contribution in [0.3, 0.4) is 0 Å². The van der Waals surface area contributed by atoms with Crippen molar-refractivity contribution in [1.29, 1.82) is 0 Å². The van der Waals surface area contributed by atoms with Gasteiger partial charge in [-0.25, -0.2) is 0 Å². The van der Waals surface area contributed by atoms with Crippen LogP contribution in [0, 0.1) is 17.3 Å². The third-order valence-electron chi connectivity index (χ3n) is 5.96. The molecule has 3 N–H and O–H groups in total. The fraction of sp³-hybridized carbons (Fsp3) is 1.00. The smallest absolute Gasteiger partial charge is 0.0674 e. The predicted octanol–water partition coefficient (Wildman–Crippen LogP) is 2.09. The summed E-state index contributed by atoms with van der Waals surface area (Å²) in [6.07, 6.45) is 3.07. The lowest BCUT2D eigenvalue weighted by atomic mass is 9.50. The molecule has 2 saturated carbocycles. The van der Waals surface area contributed by atoms with E-state index < -0.39 is 11.2 Å². The first-order chi connectivity index (χ1) is 8.12. The molecule has 0 unspecified atom stereocenters. The first kappa shape index (κ1) is 14.3. The monoisotopic (exact) mass is 256 g/mol. The summed E-state index contributed by atoms with van der Waals surface area (Å²) < 4.78 is 0. The molecule has 3 nitrogen and oxygen atoms in total. The predicted molar refractivity (Wildman–Crippen MR) is 71.1 cm³/mol. The van der Waals surface area contributed by atoms with Gasteiger partial charge in [0.2, 0.25) is 0 Å². The Morgan fingerprint density at radius 3 is 2.22 bits per heavy atom. The molecular formula is C15H28O3. The zero-order valence-corrected chi connectivity index (χ0v) is 12.1. The summed E-state index contributed by atoms with van der Waals surface area (Å²) in [6, 6.07) is 0. The summed E-state index contributed by atoms with van der Waals surface area (Å²) in [4.78, 5) is 0. The Morgan fingerprint density at radius 1 is 1.06 bits per heavy atom.